The third kappa shape index (κ3) is 3.53. The molecular formula is C23H24FN5O5. The molecule has 1 saturated heterocycles. The SMILES string of the molecule is COC1COCC1N(C(=O)O)c1cc2cc(-c3cnc4c(c3C)NCCO4)c(F)c(N)c2cn1. The van der Waals surface area contributed by atoms with Crippen molar-refractivity contribution in [2.24, 2.45) is 0 Å². The highest BCUT2D eigenvalue weighted by Gasteiger charge is 2.38. The highest BCUT2D eigenvalue weighted by atomic mass is 19.1. The lowest BCUT2D eigenvalue weighted by atomic mass is 9.97. The zero-order chi connectivity index (χ0) is 24.0. The Balaban J connectivity index is 1.64. The van der Waals surface area contributed by atoms with E-state index in [1.165, 1.54) is 13.3 Å². The first-order chi connectivity index (χ1) is 16.4. The molecule has 1 amide bonds. The third-order valence-corrected chi connectivity index (χ3v) is 6.31. The van der Waals surface area contributed by atoms with E-state index in [1.54, 1.807) is 18.3 Å². The van der Waals surface area contributed by atoms with Crippen LogP contribution >= 0.6 is 0 Å². The van der Waals surface area contributed by atoms with E-state index in [-0.39, 0.29) is 30.3 Å². The first-order valence-corrected chi connectivity index (χ1v) is 10.8. The van der Waals surface area contributed by atoms with Crippen LogP contribution in [0.2, 0.25) is 0 Å². The van der Waals surface area contributed by atoms with E-state index in [0.29, 0.717) is 41.1 Å². The van der Waals surface area contributed by atoms with Crippen LogP contribution in [0.5, 0.6) is 5.88 Å². The number of pyridine rings is 2. The van der Waals surface area contributed by atoms with Gasteiger partial charge >= 0.3 is 6.09 Å². The molecule has 2 unspecified atom stereocenters. The van der Waals surface area contributed by atoms with E-state index < -0.39 is 24.1 Å². The summed E-state index contributed by atoms with van der Waals surface area (Å²) >= 11 is 0. The predicted octanol–water partition coefficient (Wildman–Crippen LogP) is 3.03. The van der Waals surface area contributed by atoms with Gasteiger partial charge in [-0.1, -0.05) is 0 Å². The molecule has 4 N–H and O–H groups in total. The van der Waals surface area contributed by atoms with Crippen molar-refractivity contribution in [3.63, 3.8) is 0 Å². The van der Waals surface area contributed by atoms with Gasteiger partial charge in [-0.2, -0.15) is 0 Å². The normalized spacial score (nSPS) is 19.4. The number of amides is 1. The number of halogens is 1. The smallest absolute Gasteiger partial charge is 0.413 e. The van der Waals surface area contributed by atoms with E-state index in [0.717, 1.165) is 10.5 Å². The molecule has 11 heteroatoms. The number of nitrogens with one attached hydrogen (secondary N) is 1. The molecule has 3 aromatic rings. The summed E-state index contributed by atoms with van der Waals surface area (Å²) in [6.07, 6.45) is 1.31. The Hall–Kier alpha value is -3.70. The van der Waals surface area contributed by atoms with Crippen LogP contribution in [-0.4, -0.2) is 66.8 Å². The summed E-state index contributed by atoms with van der Waals surface area (Å²) < 4.78 is 31.8. The van der Waals surface area contributed by atoms with Crippen LogP contribution in [0.25, 0.3) is 21.9 Å². The summed E-state index contributed by atoms with van der Waals surface area (Å²) in [5, 5.41) is 14.1. The number of fused-ring (bicyclic) bond motifs is 2. The number of aromatic nitrogens is 2. The number of hydrogen-bond donors (Lipinski definition) is 3. The highest BCUT2D eigenvalue weighted by Crippen LogP contribution is 2.40. The summed E-state index contributed by atoms with van der Waals surface area (Å²) in [4.78, 5) is 21.9. The minimum atomic E-state index is -1.19. The van der Waals surface area contributed by atoms with Gasteiger partial charge in [0.1, 0.15) is 24.2 Å². The monoisotopic (exact) mass is 469 g/mol. The van der Waals surface area contributed by atoms with Gasteiger partial charge in [-0.25, -0.2) is 19.2 Å². The molecule has 2 atom stereocenters. The van der Waals surface area contributed by atoms with Crippen molar-refractivity contribution in [1.29, 1.82) is 0 Å². The Morgan fingerprint density at radius 1 is 1.29 bits per heavy atom. The zero-order valence-electron chi connectivity index (χ0n) is 18.7. The molecule has 1 fully saturated rings. The predicted molar refractivity (Wildman–Crippen MR) is 124 cm³/mol. The summed E-state index contributed by atoms with van der Waals surface area (Å²) in [5.41, 5.74) is 8.37. The van der Waals surface area contributed by atoms with Crippen molar-refractivity contribution in [3.05, 3.63) is 35.9 Å². The number of anilines is 3. The number of nitrogens with zero attached hydrogens (tertiary/aromatic N) is 3. The van der Waals surface area contributed by atoms with Crippen LogP contribution in [0.3, 0.4) is 0 Å². The largest absolute Gasteiger partial charge is 0.474 e. The highest BCUT2D eigenvalue weighted by molar-refractivity contribution is 5.99. The molecule has 2 aromatic heterocycles. The quantitative estimate of drug-likeness (QED) is 0.493. The van der Waals surface area contributed by atoms with E-state index in [4.69, 9.17) is 19.9 Å². The number of ether oxygens (including phenoxy) is 3. The molecule has 0 spiro atoms. The van der Waals surface area contributed by atoms with Crippen molar-refractivity contribution in [3.8, 4) is 17.0 Å². The van der Waals surface area contributed by atoms with Gasteiger partial charge in [-0.05, 0) is 30.0 Å². The van der Waals surface area contributed by atoms with Crippen LogP contribution < -0.4 is 20.7 Å². The lowest BCUT2D eigenvalue weighted by Crippen LogP contribution is -2.47. The maximum absolute atomic E-state index is 15.4. The number of hydrogen-bond acceptors (Lipinski definition) is 8. The Labute approximate surface area is 194 Å². The number of carbonyl (C=O) groups is 1. The third-order valence-electron chi connectivity index (χ3n) is 6.31. The summed E-state index contributed by atoms with van der Waals surface area (Å²) in [5.74, 6) is 0.0453. The number of carboxylic acid groups (broad SMARTS) is 1. The van der Waals surface area contributed by atoms with Crippen LogP contribution in [0.4, 0.5) is 26.4 Å². The maximum atomic E-state index is 15.4. The van der Waals surface area contributed by atoms with Crippen molar-refractivity contribution < 1.29 is 28.5 Å². The van der Waals surface area contributed by atoms with Crippen molar-refractivity contribution in [2.45, 2.75) is 19.1 Å². The van der Waals surface area contributed by atoms with Crippen LogP contribution in [0.1, 0.15) is 5.56 Å². The van der Waals surface area contributed by atoms with Crippen molar-refractivity contribution in [2.75, 3.05) is 49.4 Å². The Morgan fingerprint density at radius 3 is 2.88 bits per heavy atom. The Morgan fingerprint density at radius 2 is 2.12 bits per heavy atom. The van der Waals surface area contributed by atoms with Crippen molar-refractivity contribution in [1.82, 2.24) is 9.97 Å². The van der Waals surface area contributed by atoms with Gasteiger partial charge in [0.15, 0.2) is 5.82 Å². The Kier molecular flexibility index (Phi) is 5.58. The fourth-order valence-electron chi connectivity index (χ4n) is 4.51. The number of benzene rings is 1. The second-order valence-corrected chi connectivity index (χ2v) is 8.20. The van der Waals surface area contributed by atoms with Gasteiger partial charge in [0.05, 0.1) is 24.9 Å². The van der Waals surface area contributed by atoms with Crippen LogP contribution in [-0.2, 0) is 9.47 Å². The second kappa shape index (κ2) is 8.58. The Bertz CT molecular complexity index is 1290. The minimum absolute atomic E-state index is 0.0753. The lowest BCUT2D eigenvalue weighted by Gasteiger charge is -2.28. The van der Waals surface area contributed by atoms with E-state index in [9.17, 15) is 9.90 Å². The molecule has 5 rings (SSSR count). The van der Waals surface area contributed by atoms with Crippen LogP contribution in [0.15, 0.2) is 24.5 Å². The molecule has 4 heterocycles. The molecule has 0 aliphatic carbocycles. The van der Waals surface area contributed by atoms with Gasteiger partial charge in [0, 0.05) is 42.6 Å². The molecule has 10 nitrogen and oxygen atoms in total. The molecule has 0 radical (unpaired) electrons. The molecular weight excluding hydrogens is 445 g/mol. The number of nitrogen functional groups attached to an aromatic ring is 1. The zero-order valence-corrected chi connectivity index (χ0v) is 18.7. The average molecular weight is 469 g/mol. The maximum Gasteiger partial charge on any atom is 0.413 e. The molecule has 0 bridgehead atoms. The van der Waals surface area contributed by atoms with Gasteiger partial charge in [0.2, 0.25) is 5.88 Å². The fourth-order valence-corrected chi connectivity index (χ4v) is 4.51. The van der Waals surface area contributed by atoms with Gasteiger partial charge in [-0.3, -0.25) is 4.90 Å². The summed E-state index contributed by atoms with van der Waals surface area (Å²) in [6, 6.07) is 2.64. The van der Waals surface area contributed by atoms with Crippen molar-refractivity contribution >= 4 is 34.1 Å². The number of rotatable bonds is 4. The van der Waals surface area contributed by atoms with Gasteiger partial charge in [0.25, 0.3) is 0 Å². The molecule has 2 aliphatic rings. The molecule has 0 saturated carbocycles. The van der Waals surface area contributed by atoms with Gasteiger partial charge in [-0.15, -0.1) is 0 Å². The first kappa shape index (κ1) is 22.1. The topological polar surface area (TPSA) is 132 Å². The van der Waals surface area contributed by atoms with E-state index in [2.05, 4.69) is 15.3 Å². The molecule has 1 aromatic carbocycles. The number of methoxy groups -OCH3 is 1. The second-order valence-electron chi connectivity index (χ2n) is 8.20. The summed E-state index contributed by atoms with van der Waals surface area (Å²) in [7, 11) is 1.50. The fraction of sp³-hybridized carbons (Fsp3) is 0.348. The van der Waals surface area contributed by atoms with Gasteiger partial charge < -0.3 is 30.4 Å². The molecule has 2 aliphatic heterocycles. The average Bonchev–Trinajstić information content (AvgIpc) is 3.30. The number of nitrogens with two attached hydrogens (primary N) is 1. The van der Waals surface area contributed by atoms with E-state index >= 15 is 4.39 Å². The lowest BCUT2D eigenvalue weighted by molar-refractivity contribution is 0.0763. The molecule has 34 heavy (non-hydrogen) atoms. The molecule has 178 valence electrons. The minimum Gasteiger partial charge on any atom is -0.474 e. The van der Waals surface area contributed by atoms with Crippen LogP contribution in [0, 0.1) is 12.7 Å². The summed E-state index contributed by atoms with van der Waals surface area (Å²) in [6.45, 7) is 3.43. The first-order valence-electron chi connectivity index (χ1n) is 10.8. The van der Waals surface area contributed by atoms with E-state index in [1.807, 2.05) is 6.92 Å². The standard InChI is InChI=1S/C23H24FN5O5/c1-11-14(7-28-22-21(11)26-3-4-34-22)13-5-12-6-18(27-8-15(12)20(25)19(13)24)29(23(30)31)16-9-33-10-17(16)32-2/h5-8,16-17,26H,3-4,9-10,25H2,1-2H3,(H,30,31).